The van der Waals surface area contributed by atoms with E-state index in [0.717, 1.165) is 11.3 Å². The lowest BCUT2D eigenvalue weighted by atomic mass is 9.98. The van der Waals surface area contributed by atoms with Crippen LogP contribution in [0.4, 0.5) is 0 Å². The molecule has 0 bridgehead atoms. The zero-order valence-corrected chi connectivity index (χ0v) is 10.4. The van der Waals surface area contributed by atoms with Crippen LogP contribution >= 0.6 is 12.2 Å². The number of rotatable bonds is 6. The highest BCUT2D eigenvalue weighted by atomic mass is 32.1. The van der Waals surface area contributed by atoms with E-state index in [1.54, 1.807) is 0 Å². The largest absolute Gasteiger partial charge is 0.462 e. The van der Waals surface area contributed by atoms with Gasteiger partial charge in [0.1, 0.15) is 5.60 Å². The molecule has 0 aliphatic carbocycles. The Kier molecular flexibility index (Phi) is 4.62. The Bertz CT molecular complexity index is 357. The van der Waals surface area contributed by atoms with Gasteiger partial charge < -0.3 is 4.74 Å². The second-order valence-corrected chi connectivity index (χ2v) is 4.93. The molecule has 0 radical (unpaired) electrons. The van der Waals surface area contributed by atoms with Crippen molar-refractivity contribution >= 4 is 23.6 Å². The molecule has 0 spiro atoms. The average Bonchev–Trinajstić information content (AvgIpc) is 2.17. The molecule has 2 nitrogen and oxygen atoms in total. The van der Waals surface area contributed by atoms with Crippen molar-refractivity contribution in [1.82, 2.24) is 0 Å². The van der Waals surface area contributed by atoms with E-state index in [2.05, 4.69) is 0 Å². The summed E-state index contributed by atoms with van der Waals surface area (Å²) in [5, 5.41) is 0. The third kappa shape index (κ3) is 4.53. The van der Waals surface area contributed by atoms with Crippen LogP contribution in [0.5, 0.6) is 0 Å². The highest BCUT2D eigenvalue weighted by molar-refractivity contribution is 7.80. The van der Waals surface area contributed by atoms with Gasteiger partial charge >= 0.3 is 0 Å². The molecule has 0 atom stereocenters. The van der Waals surface area contributed by atoms with Crippen molar-refractivity contribution in [3.63, 3.8) is 0 Å². The Morgan fingerprint density at radius 1 is 1.38 bits per heavy atom. The average molecular weight is 236 g/mol. The standard InChI is InChI=1S/C13H16O2S/c1-13(2,15-10-14)9-12(16)8-11-6-4-3-5-7-11/h3-7,10H,8-9H2,1-2H3. The van der Waals surface area contributed by atoms with Gasteiger partial charge in [-0.25, -0.2) is 0 Å². The molecule has 1 rings (SSSR count). The minimum Gasteiger partial charge on any atom is -0.462 e. The lowest BCUT2D eigenvalue weighted by molar-refractivity contribution is -0.139. The van der Waals surface area contributed by atoms with Crippen LogP contribution in [0.1, 0.15) is 25.8 Å². The van der Waals surface area contributed by atoms with E-state index in [9.17, 15) is 4.79 Å². The van der Waals surface area contributed by atoms with Gasteiger partial charge in [0.05, 0.1) is 0 Å². The fourth-order valence-corrected chi connectivity index (χ4v) is 2.05. The highest BCUT2D eigenvalue weighted by Gasteiger charge is 2.20. The van der Waals surface area contributed by atoms with Crippen molar-refractivity contribution in [2.45, 2.75) is 32.3 Å². The van der Waals surface area contributed by atoms with Crippen molar-refractivity contribution in [3.8, 4) is 0 Å². The fraction of sp³-hybridized carbons (Fsp3) is 0.385. The summed E-state index contributed by atoms with van der Waals surface area (Å²) in [5.74, 6) is 0. The molecule has 0 aliphatic heterocycles. The van der Waals surface area contributed by atoms with E-state index in [4.69, 9.17) is 17.0 Å². The van der Waals surface area contributed by atoms with Crippen LogP contribution in [0.3, 0.4) is 0 Å². The molecule has 0 saturated heterocycles. The summed E-state index contributed by atoms with van der Waals surface area (Å²) in [7, 11) is 0. The zero-order chi connectivity index (χ0) is 12.0. The van der Waals surface area contributed by atoms with E-state index < -0.39 is 5.60 Å². The number of ether oxygens (including phenoxy) is 1. The van der Waals surface area contributed by atoms with Crippen LogP contribution < -0.4 is 0 Å². The number of thiocarbonyl (C=S) groups is 1. The monoisotopic (exact) mass is 236 g/mol. The first-order chi connectivity index (χ1) is 7.53. The molecule has 0 fully saturated rings. The summed E-state index contributed by atoms with van der Waals surface area (Å²) in [4.78, 5) is 11.2. The van der Waals surface area contributed by atoms with Gasteiger partial charge in [0.15, 0.2) is 0 Å². The molecular weight excluding hydrogens is 220 g/mol. The Morgan fingerprint density at radius 2 is 2.00 bits per heavy atom. The minimum absolute atomic E-state index is 0.477. The molecule has 0 amide bonds. The Hall–Kier alpha value is -1.22. The maximum absolute atomic E-state index is 10.3. The van der Waals surface area contributed by atoms with Gasteiger partial charge in [0.2, 0.25) is 0 Å². The molecule has 1 aromatic rings. The summed E-state index contributed by atoms with van der Waals surface area (Å²) < 4.78 is 4.97. The number of carbonyl (C=O) groups is 1. The van der Waals surface area contributed by atoms with Crippen LogP contribution in [0.2, 0.25) is 0 Å². The smallest absolute Gasteiger partial charge is 0.293 e. The van der Waals surface area contributed by atoms with Crippen LogP contribution in [0.25, 0.3) is 0 Å². The first-order valence-corrected chi connectivity index (χ1v) is 5.61. The quantitative estimate of drug-likeness (QED) is 0.561. The Morgan fingerprint density at radius 3 is 2.56 bits per heavy atom. The predicted molar refractivity (Wildman–Crippen MR) is 68.6 cm³/mol. The minimum atomic E-state index is -0.506. The summed E-state index contributed by atoms with van der Waals surface area (Å²) in [6.45, 7) is 4.20. The lowest BCUT2D eigenvalue weighted by Crippen LogP contribution is -2.27. The van der Waals surface area contributed by atoms with Crippen LogP contribution in [0, 0.1) is 0 Å². The number of hydrogen-bond donors (Lipinski definition) is 0. The van der Waals surface area contributed by atoms with Crippen molar-refractivity contribution in [3.05, 3.63) is 35.9 Å². The van der Waals surface area contributed by atoms with Crippen molar-refractivity contribution < 1.29 is 9.53 Å². The second kappa shape index (κ2) is 5.75. The molecular formula is C13H16O2S. The third-order valence-corrected chi connectivity index (χ3v) is 2.52. The number of benzene rings is 1. The summed E-state index contributed by atoms with van der Waals surface area (Å²) in [6, 6.07) is 10.0. The zero-order valence-electron chi connectivity index (χ0n) is 9.60. The summed E-state index contributed by atoms with van der Waals surface area (Å²) in [5.41, 5.74) is 0.683. The van der Waals surface area contributed by atoms with Gasteiger partial charge in [-0.05, 0) is 19.4 Å². The van der Waals surface area contributed by atoms with Crippen LogP contribution in [-0.4, -0.2) is 16.9 Å². The number of hydrogen-bond acceptors (Lipinski definition) is 3. The topological polar surface area (TPSA) is 26.3 Å². The normalized spacial score (nSPS) is 10.9. The maximum Gasteiger partial charge on any atom is 0.293 e. The Balaban J connectivity index is 2.51. The van der Waals surface area contributed by atoms with Gasteiger partial charge in [-0.15, -0.1) is 0 Å². The Labute approximate surface area is 102 Å². The molecule has 86 valence electrons. The highest BCUT2D eigenvalue weighted by Crippen LogP contribution is 2.16. The van der Waals surface area contributed by atoms with Crippen LogP contribution in [-0.2, 0) is 16.0 Å². The maximum atomic E-state index is 10.3. The molecule has 3 heteroatoms. The van der Waals surface area contributed by atoms with Gasteiger partial charge in [-0.2, -0.15) is 0 Å². The van der Waals surface area contributed by atoms with Gasteiger partial charge in [-0.1, -0.05) is 42.5 Å². The molecule has 0 N–H and O–H groups in total. The van der Waals surface area contributed by atoms with Gasteiger partial charge in [-0.3, -0.25) is 4.79 Å². The lowest BCUT2D eigenvalue weighted by Gasteiger charge is -2.22. The van der Waals surface area contributed by atoms with Gasteiger partial charge in [0.25, 0.3) is 6.47 Å². The first-order valence-electron chi connectivity index (χ1n) is 5.20. The predicted octanol–water partition coefficient (Wildman–Crippen LogP) is 2.94. The molecule has 0 saturated carbocycles. The van der Waals surface area contributed by atoms with Crippen LogP contribution in [0.15, 0.2) is 30.3 Å². The van der Waals surface area contributed by atoms with E-state index in [0.29, 0.717) is 12.9 Å². The van der Waals surface area contributed by atoms with Crippen molar-refractivity contribution in [2.24, 2.45) is 0 Å². The fourth-order valence-electron chi connectivity index (χ4n) is 1.53. The summed E-state index contributed by atoms with van der Waals surface area (Å²) in [6.07, 6.45) is 1.36. The molecule has 16 heavy (non-hydrogen) atoms. The third-order valence-electron chi connectivity index (χ3n) is 2.23. The van der Waals surface area contributed by atoms with Crippen molar-refractivity contribution in [2.75, 3.05) is 0 Å². The molecule has 0 heterocycles. The molecule has 0 unspecified atom stereocenters. The molecule has 1 aromatic carbocycles. The van der Waals surface area contributed by atoms with E-state index in [1.807, 2.05) is 44.2 Å². The summed E-state index contributed by atoms with van der Waals surface area (Å²) >= 11 is 5.30. The second-order valence-electron chi connectivity index (χ2n) is 4.35. The first kappa shape index (κ1) is 12.8. The molecule has 0 aliphatic rings. The van der Waals surface area contributed by atoms with Crippen molar-refractivity contribution in [1.29, 1.82) is 0 Å². The SMILES string of the molecule is CC(C)(CC(=S)Cc1ccccc1)OC=O. The van der Waals surface area contributed by atoms with Gasteiger partial charge in [0, 0.05) is 17.7 Å². The van der Waals surface area contributed by atoms with E-state index in [-0.39, 0.29) is 0 Å². The van der Waals surface area contributed by atoms with E-state index >= 15 is 0 Å². The molecule has 0 aromatic heterocycles. The van der Waals surface area contributed by atoms with E-state index in [1.165, 1.54) is 5.56 Å². The number of carbonyl (C=O) groups excluding carboxylic acids is 1.